The quantitative estimate of drug-likeness (QED) is 0.599. The van der Waals surface area contributed by atoms with E-state index >= 15 is 0 Å². The average Bonchev–Trinajstić information content (AvgIpc) is 3.07. The van der Waals surface area contributed by atoms with Crippen LogP contribution >= 0.6 is 11.8 Å². The van der Waals surface area contributed by atoms with E-state index in [-0.39, 0.29) is 0 Å². The maximum Gasteiger partial charge on any atom is 0.191 e. The molecule has 2 N–H and O–H groups in total. The second-order valence-corrected chi connectivity index (χ2v) is 6.80. The predicted molar refractivity (Wildman–Crippen MR) is 95.5 cm³/mol. The van der Waals surface area contributed by atoms with Crippen LogP contribution in [0.25, 0.3) is 0 Å². The third kappa shape index (κ3) is 5.89. The molecule has 2 rings (SSSR count). The predicted octanol–water partition coefficient (Wildman–Crippen LogP) is 2.78. The Labute approximate surface area is 138 Å². The van der Waals surface area contributed by atoms with E-state index in [9.17, 15) is 0 Å². The van der Waals surface area contributed by atoms with Crippen molar-refractivity contribution < 1.29 is 4.74 Å². The van der Waals surface area contributed by atoms with Gasteiger partial charge in [0.1, 0.15) is 0 Å². The van der Waals surface area contributed by atoms with E-state index < -0.39 is 0 Å². The van der Waals surface area contributed by atoms with E-state index in [0.717, 1.165) is 30.9 Å². The van der Waals surface area contributed by atoms with Gasteiger partial charge in [0, 0.05) is 32.0 Å². The third-order valence-corrected chi connectivity index (χ3v) is 5.10. The number of guanidine groups is 1. The second-order valence-electron chi connectivity index (χ2n) is 5.40. The minimum absolute atomic E-state index is 0.687. The van der Waals surface area contributed by atoms with E-state index in [1.54, 1.807) is 0 Å². The van der Waals surface area contributed by atoms with Crippen LogP contribution in [-0.2, 0) is 17.9 Å². The molecule has 0 aromatic heterocycles. The molecule has 122 valence electrons. The lowest BCUT2D eigenvalue weighted by Crippen LogP contribution is -2.39. The van der Waals surface area contributed by atoms with Crippen LogP contribution in [-0.4, -0.2) is 37.2 Å². The lowest BCUT2D eigenvalue weighted by Gasteiger charge is -2.15. The molecule has 0 bridgehead atoms. The number of rotatable bonds is 7. The summed E-state index contributed by atoms with van der Waals surface area (Å²) in [6, 6.07) is 8.53. The zero-order valence-corrected chi connectivity index (χ0v) is 14.4. The first-order valence-corrected chi connectivity index (χ1v) is 9.08. The van der Waals surface area contributed by atoms with Crippen molar-refractivity contribution in [2.24, 2.45) is 4.99 Å². The topological polar surface area (TPSA) is 45.6 Å². The Morgan fingerprint density at radius 3 is 2.68 bits per heavy atom. The molecule has 1 aromatic rings. The summed E-state index contributed by atoms with van der Waals surface area (Å²) in [6.07, 6.45) is 2.66. The minimum Gasteiger partial charge on any atom is -0.377 e. The fourth-order valence-electron chi connectivity index (χ4n) is 2.40. The Bertz CT molecular complexity index is 455. The summed E-state index contributed by atoms with van der Waals surface area (Å²) in [5.74, 6) is 2.18. The number of nitrogens with one attached hydrogen (secondary N) is 2. The highest BCUT2D eigenvalue weighted by molar-refractivity contribution is 8.00. The van der Waals surface area contributed by atoms with Crippen molar-refractivity contribution in [3.8, 4) is 0 Å². The molecule has 1 saturated heterocycles. The number of thioether (sulfide) groups is 1. The van der Waals surface area contributed by atoms with Crippen molar-refractivity contribution in [2.75, 3.05) is 26.0 Å². The van der Waals surface area contributed by atoms with Crippen molar-refractivity contribution in [3.05, 3.63) is 35.4 Å². The highest BCUT2D eigenvalue weighted by Crippen LogP contribution is 2.25. The normalized spacial score (nSPS) is 18.5. The first-order chi connectivity index (χ1) is 10.8. The zero-order valence-electron chi connectivity index (χ0n) is 13.6. The molecular formula is C17H27N3OS. The van der Waals surface area contributed by atoms with Crippen molar-refractivity contribution >= 4 is 17.7 Å². The van der Waals surface area contributed by atoms with Gasteiger partial charge in [0.25, 0.3) is 0 Å². The molecule has 0 saturated carbocycles. The number of hydrogen-bond donors (Lipinski definition) is 2. The van der Waals surface area contributed by atoms with Gasteiger partial charge >= 0.3 is 0 Å². The summed E-state index contributed by atoms with van der Waals surface area (Å²) < 4.78 is 5.41. The molecule has 1 heterocycles. The zero-order chi connectivity index (χ0) is 15.6. The van der Waals surface area contributed by atoms with Gasteiger partial charge < -0.3 is 15.4 Å². The van der Waals surface area contributed by atoms with E-state index in [1.807, 2.05) is 14.0 Å². The molecule has 5 heteroatoms. The van der Waals surface area contributed by atoms with E-state index in [0.29, 0.717) is 6.61 Å². The highest BCUT2D eigenvalue weighted by atomic mass is 32.2. The highest BCUT2D eigenvalue weighted by Gasteiger charge is 2.15. The number of aliphatic imine (C=N–C) groups is 1. The third-order valence-electron chi connectivity index (χ3n) is 3.70. The van der Waals surface area contributed by atoms with Crippen LogP contribution in [0, 0.1) is 0 Å². The summed E-state index contributed by atoms with van der Waals surface area (Å²) in [5, 5.41) is 7.52. The van der Waals surface area contributed by atoms with Crippen LogP contribution < -0.4 is 10.6 Å². The number of ether oxygens (including phenoxy) is 1. The van der Waals surface area contributed by atoms with Gasteiger partial charge in [-0.15, -0.1) is 0 Å². The van der Waals surface area contributed by atoms with E-state index in [2.05, 4.69) is 51.7 Å². The first kappa shape index (κ1) is 17.2. The lowest BCUT2D eigenvalue weighted by molar-refractivity contribution is 0.134. The summed E-state index contributed by atoms with van der Waals surface area (Å²) in [4.78, 5) is 4.29. The molecule has 1 atom stereocenters. The monoisotopic (exact) mass is 321 g/mol. The van der Waals surface area contributed by atoms with Gasteiger partial charge in [-0.25, -0.2) is 0 Å². The van der Waals surface area contributed by atoms with Crippen LogP contribution in [0.1, 0.15) is 30.9 Å². The van der Waals surface area contributed by atoms with Gasteiger partial charge in [-0.1, -0.05) is 24.3 Å². The van der Waals surface area contributed by atoms with Crippen molar-refractivity contribution in [2.45, 2.75) is 38.2 Å². The summed E-state index contributed by atoms with van der Waals surface area (Å²) in [5.41, 5.74) is 2.46. The molecule has 0 amide bonds. The van der Waals surface area contributed by atoms with Crippen molar-refractivity contribution in [1.29, 1.82) is 0 Å². The lowest BCUT2D eigenvalue weighted by atomic mass is 10.1. The summed E-state index contributed by atoms with van der Waals surface area (Å²) >= 11 is 2.06. The van der Waals surface area contributed by atoms with E-state index in [1.165, 1.54) is 29.7 Å². The fraction of sp³-hybridized carbons (Fsp3) is 0.588. The van der Waals surface area contributed by atoms with Crippen LogP contribution in [0.5, 0.6) is 0 Å². The maximum absolute atomic E-state index is 5.41. The molecule has 1 fully saturated rings. The van der Waals surface area contributed by atoms with Crippen LogP contribution in [0.15, 0.2) is 29.3 Å². The Morgan fingerprint density at radius 1 is 1.27 bits per heavy atom. The SMILES string of the molecule is CCOCc1ccc(CNC(=NC)NCC2CCCS2)cc1. The average molecular weight is 321 g/mol. The molecule has 1 aliphatic rings. The van der Waals surface area contributed by atoms with Crippen LogP contribution in [0.2, 0.25) is 0 Å². The Hall–Kier alpha value is -1.20. The Kier molecular flexibility index (Phi) is 7.60. The number of benzene rings is 1. The smallest absolute Gasteiger partial charge is 0.191 e. The van der Waals surface area contributed by atoms with Crippen molar-refractivity contribution in [1.82, 2.24) is 10.6 Å². The maximum atomic E-state index is 5.41. The molecule has 22 heavy (non-hydrogen) atoms. The number of nitrogens with zero attached hydrogens (tertiary/aromatic N) is 1. The van der Waals surface area contributed by atoms with Gasteiger partial charge in [0.05, 0.1) is 6.61 Å². The van der Waals surface area contributed by atoms with Crippen LogP contribution in [0.3, 0.4) is 0 Å². The minimum atomic E-state index is 0.687. The molecule has 0 radical (unpaired) electrons. The molecule has 0 aliphatic carbocycles. The molecule has 0 spiro atoms. The molecular weight excluding hydrogens is 294 g/mol. The molecule has 4 nitrogen and oxygen atoms in total. The first-order valence-electron chi connectivity index (χ1n) is 8.03. The Balaban J connectivity index is 1.72. The number of hydrogen-bond acceptors (Lipinski definition) is 3. The van der Waals surface area contributed by atoms with Crippen LogP contribution in [0.4, 0.5) is 0 Å². The summed E-state index contributed by atoms with van der Waals surface area (Å²) in [6.45, 7) is 5.24. The van der Waals surface area contributed by atoms with Gasteiger partial charge in [-0.05, 0) is 36.6 Å². The largest absolute Gasteiger partial charge is 0.377 e. The van der Waals surface area contributed by atoms with Gasteiger partial charge in [-0.3, -0.25) is 4.99 Å². The standard InChI is InChI=1S/C17H27N3OS/c1-3-21-13-15-8-6-14(7-9-15)11-19-17(18-2)20-12-16-5-4-10-22-16/h6-9,16H,3-5,10-13H2,1-2H3,(H2,18,19,20). The molecule has 1 aliphatic heterocycles. The second kappa shape index (κ2) is 9.74. The molecule has 1 unspecified atom stereocenters. The fourth-order valence-corrected chi connectivity index (χ4v) is 3.60. The van der Waals surface area contributed by atoms with Crippen molar-refractivity contribution in [3.63, 3.8) is 0 Å². The molecule has 1 aromatic carbocycles. The summed E-state index contributed by atoms with van der Waals surface area (Å²) in [7, 11) is 1.82. The van der Waals surface area contributed by atoms with Gasteiger partial charge in [0.2, 0.25) is 0 Å². The van der Waals surface area contributed by atoms with E-state index in [4.69, 9.17) is 4.74 Å². The Morgan fingerprint density at radius 2 is 2.05 bits per heavy atom. The van der Waals surface area contributed by atoms with Gasteiger partial charge in [-0.2, -0.15) is 11.8 Å². The van der Waals surface area contributed by atoms with Gasteiger partial charge in [0.15, 0.2) is 5.96 Å².